The van der Waals surface area contributed by atoms with E-state index in [0.29, 0.717) is 6.54 Å². The Morgan fingerprint density at radius 3 is 2.86 bits per heavy atom. The number of aromatic nitrogens is 2. The number of nitrogens with one attached hydrogen (secondary N) is 1. The Bertz CT molecular complexity index is 486. The highest BCUT2D eigenvalue weighted by Crippen LogP contribution is 1.87. The van der Waals surface area contributed by atoms with E-state index in [1.807, 2.05) is 0 Å². The Labute approximate surface area is 84.9 Å². The minimum Gasteiger partial charge on any atom is -0.389 e. The van der Waals surface area contributed by atoms with Crippen molar-refractivity contribution in [2.75, 3.05) is 0 Å². The summed E-state index contributed by atoms with van der Waals surface area (Å²) in [7, 11) is 0. The number of nitrogens with two attached hydrogens (primary N) is 1. The van der Waals surface area contributed by atoms with Crippen LogP contribution >= 0.6 is 12.2 Å². The molecule has 0 unspecified atom stereocenters. The summed E-state index contributed by atoms with van der Waals surface area (Å²) in [4.78, 5) is 24.4. The zero-order valence-corrected chi connectivity index (χ0v) is 8.13. The summed E-state index contributed by atoms with van der Waals surface area (Å²) in [6, 6.07) is 0. The molecule has 0 fully saturated rings. The molecule has 0 bridgehead atoms. The molecule has 0 spiro atoms. The van der Waals surface area contributed by atoms with Crippen molar-refractivity contribution in [1.29, 1.82) is 0 Å². The Kier molecular flexibility index (Phi) is 2.98. The first-order valence-corrected chi connectivity index (χ1v) is 4.21. The third kappa shape index (κ3) is 1.97. The zero-order valence-electron chi connectivity index (χ0n) is 7.32. The summed E-state index contributed by atoms with van der Waals surface area (Å²) in [5.74, 6) is 0. The third-order valence-corrected chi connectivity index (χ3v) is 1.82. The predicted octanol–water partition coefficient (Wildman–Crippen LogP) is -0.643. The van der Waals surface area contributed by atoms with Crippen molar-refractivity contribution in [3.63, 3.8) is 0 Å². The molecule has 0 amide bonds. The molecule has 0 aliphatic carbocycles. The average molecular weight is 211 g/mol. The van der Waals surface area contributed by atoms with Gasteiger partial charge in [0, 0.05) is 12.7 Å². The molecule has 74 valence electrons. The number of H-pyrrole nitrogens is 1. The van der Waals surface area contributed by atoms with Gasteiger partial charge < -0.3 is 5.73 Å². The lowest BCUT2D eigenvalue weighted by Gasteiger charge is -2.02. The Hall–Kier alpha value is -1.69. The molecule has 0 radical (unpaired) electrons. The summed E-state index contributed by atoms with van der Waals surface area (Å²) in [5, 5.41) is 0. The van der Waals surface area contributed by atoms with E-state index in [9.17, 15) is 9.59 Å². The highest BCUT2D eigenvalue weighted by atomic mass is 32.1. The number of hydrogen-bond donors (Lipinski definition) is 2. The minimum atomic E-state index is -0.567. The summed E-state index contributed by atoms with van der Waals surface area (Å²) in [6.45, 7) is 3.78. The van der Waals surface area contributed by atoms with Gasteiger partial charge in [-0.15, -0.1) is 6.58 Å². The number of nitrogens with zero attached hydrogens (tertiary/aromatic N) is 1. The van der Waals surface area contributed by atoms with E-state index in [4.69, 9.17) is 5.73 Å². The van der Waals surface area contributed by atoms with Crippen molar-refractivity contribution in [1.82, 2.24) is 9.55 Å². The van der Waals surface area contributed by atoms with Crippen molar-refractivity contribution < 1.29 is 0 Å². The standard InChI is InChI=1S/C8H9N3O2S/c1-2-3-11-4-5(6(9)14)7(12)10-8(11)13/h2,4H,1,3H2,(H2,9,14)(H,10,12,13). The van der Waals surface area contributed by atoms with Crippen LogP contribution in [0, 0.1) is 0 Å². The van der Waals surface area contributed by atoms with E-state index in [2.05, 4.69) is 23.8 Å². The fraction of sp³-hybridized carbons (Fsp3) is 0.125. The maximum atomic E-state index is 11.2. The van der Waals surface area contributed by atoms with Crippen LogP contribution in [0.5, 0.6) is 0 Å². The molecule has 6 heteroatoms. The van der Waals surface area contributed by atoms with Gasteiger partial charge in [-0.1, -0.05) is 18.3 Å². The van der Waals surface area contributed by atoms with Gasteiger partial charge in [0.2, 0.25) is 0 Å². The molecule has 0 aliphatic rings. The molecular weight excluding hydrogens is 202 g/mol. The second kappa shape index (κ2) is 4.01. The van der Waals surface area contributed by atoms with E-state index in [1.54, 1.807) is 0 Å². The molecule has 0 aliphatic heterocycles. The van der Waals surface area contributed by atoms with Gasteiger partial charge in [-0.05, 0) is 0 Å². The maximum Gasteiger partial charge on any atom is 0.328 e. The summed E-state index contributed by atoms with van der Waals surface area (Å²) >= 11 is 4.65. The van der Waals surface area contributed by atoms with Crippen LogP contribution in [0.15, 0.2) is 28.4 Å². The van der Waals surface area contributed by atoms with Crippen LogP contribution in [0.2, 0.25) is 0 Å². The molecule has 0 atom stereocenters. The number of thiocarbonyl (C=S) groups is 1. The van der Waals surface area contributed by atoms with E-state index in [1.165, 1.54) is 16.8 Å². The van der Waals surface area contributed by atoms with Gasteiger partial charge in [0.15, 0.2) is 0 Å². The van der Waals surface area contributed by atoms with Gasteiger partial charge >= 0.3 is 5.69 Å². The summed E-state index contributed by atoms with van der Waals surface area (Å²) in [6.07, 6.45) is 2.86. The second-order valence-electron chi connectivity index (χ2n) is 2.61. The molecule has 1 heterocycles. The second-order valence-corrected chi connectivity index (χ2v) is 3.05. The Morgan fingerprint density at radius 2 is 2.36 bits per heavy atom. The fourth-order valence-corrected chi connectivity index (χ4v) is 1.10. The van der Waals surface area contributed by atoms with Gasteiger partial charge in [-0.3, -0.25) is 14.3 Å². The third-order valence-electron chi connectivity index (χ3n) is 1.60. The topological polar surface area (TPSA) is 80.9 Å². The van der Waals surface area contributed by atoms with Crippen LogP contribution in [0.3, 0.4) is 0 Å². The lowest BCUT2D eigenvalue weighted by molar-refractivity contribution is 0.735. The molecule has 0 saturated carbocycles. The summed E-state index contributed by atoms with van der Waals surface area (Å²) < 4.78 is 1.27. The number of aromatic amines is 1. The quantitative estimate of drug-likeness (QED) is 0.514. The van der Waals surface area contributed by atoms with Crippen LogP contribution < -0.4 is 17.0 Å². The van der Waals surface area contributed by atoms with Crippen LogP contribution in [0.1, 0.15) is 5.56 Å². The molecule has 1 aromatic rings. The van der Waals surface area contributed by atoms with Gasteiger partial charge in [-0.25, -0.2) is 4.79 Å². The molecule has 14 heavy (non-hydrogen) atoms. The van der Waals surface area contributed by atoms with Crippen LogP contribution in [0.4, 0.5) is 0 Å². The molecule has 1 aromatic heterocycles. The van der Waals surface area contributed by atoms with Crippen LogP contribution in [-0.2, 0) is 6.54 Å². The predicted molar refractivity (Wildman–Crippen MR) is 57.4 cm³/mol. The molecule has 0 aromatic carbocycles. The first-order valence-electron chi connectivity index (χ1n) is 3.80. The zero-order chi connectivity index (χ0) is 10.7. The first kappa shape index (κ1) is 10.4. The number of rotatable bonds is 3. The normalized spacial score (nSPS) is 9.71. The van der Waals surface area contributed by atoms with E-state index < -0.39 is 11.2 Å². The van der Waals surface area contributed by atoms with Crippen LogP contribution in [-0.4, -0.2) is 14.5 Å². The Morgan fingerprint density at radius 1 is 1.71 bits per heavy atom. The monoisotopic (exact) mass is 211 g/mol. The minimum absolute atomic E-state index is 0.0379. The van der Waals surface area contributed by atoms with Crippen LogP contribution in [0.25, 0.3) is 0 Å². The largest absolute Gasteiger partial charge is 0.389 e. The average Bonchev–Trinajstić information content (AvgIpc) is 2.09. The van der Waals surface area contributed by atoms with Gasteiger partial charge in [0.1, 0.15) is 4.99 Å². The lowest BCUT2D eigenvalue weighted by Crippen LogP contribution is -2.34. The highest BCUT2D eigenvalue weighted by molar-refractivity contribution is 7.80. The van der Waals surface area contributed by atoms with Crippen molar-refractivity contribution in [3.8, 4) is 0 Å². The number of allylic oxidation sites excluding steroid dienone is 1. The molecule has 1 rings (SSSR count). The van der Waals surface area contributed by atoms with Gasteiger partial charge in [0.25, 0.3) is 5.56 Å². The lowest BCUT2D eigenvalue weighted by atomic mass is 10.3. The van der Waals surface area contributed by atoms with E-state index in [0.717, 1.165) is 0 Å². The maximum absolute atomic E-state index is 11.2. The van der Waals surface area contributed by atoms with Crippen molar-refractivity contribution in [2.45, 2.75) is 6.54 Å². The molecule has 0 saturated heterocycles. The molecule has 3 N–H and O–H groups in total. The smallest absolute Gasteiger partial charge is 0.328 e. The van der Waals surface area contributed by atoms with Crippen molar-refractivity contribution in [2.24, 2.45) is 5.73 Å². The number of hydrogen-bond acceptors (Lipinski definition) is 3. The van der Waals surface area contributed by atoms with Crippen molar-refractivity contribution >= 4 is 17.2 Å². The first-order chi connectivity index (χ1) is 6.56. The molecule has 5 nitrogen and oxygen atoms in total. The van der Waals surface area contributed by atoms with Gasteiger partial charge in [-0.2, -0.15) is 0 Å². The summed E-state index contributed by atoms with van der Waals surface area (Å²) in [5.41, 5.74) is 4.35. The SMILES string of the molecule is C=CCn1cc(C(N)=S)c(=O)[nH]c1=O. The van der Waals surface area contributed by atoms with E-state index >= 15 is 0 Å². The van der Waals surface area contributed by atoms with E-state index in [-0.39, 0.29) is 10.6 Å². The van der Waals surface area contributed by atoms with Crippen molar-refractivity contribution in [3.05, 3.63) is 45.3 Å². The highest BCUT2D eigenvalue weighted by Gasteiger charge is 2.05. The fourth-order valence-electron chi connectivity index (χ4n) is 0.960. The Balaban J connectivity index is 3.42. The molecular formula is C8H9N3O2S. The van der Waals surface area contributed by atoms with Gasteiger partial charge in [0.05, 0.1) is 5.56 Å².